The summed E-state index contributed by atoms with van der Waals surface area (Å²) < 4.78 is 12.0. The van der Waals surface area contributed by atoms with E-state index >= 15 is 0 Å². The predicted molar refractivity (Wildman–Crippen MR) is 160 cm³/mol. The molecule has 0 atom stereocenters. The summed E-state index contributed by atoms with van der Waals surface area (Å²) in [6, 6.07) is 23.9. The van der Waals surface area contributed by atoms with Crippen LogP contribution in [0.15, 0.2) is 88.8 Å². The molecule has 0 aromatic heterocycles. The van der Waals surface area contributed by atoms with Crippen LogP contribution in [0.25, 0.3) is 16.8 Å². The van der Waals surface area contributed by atoms with Crippen molar-refractivity contribution in [2.75, 3.05) is 13.7 Å². The topological polar surface area (TPSA) is 88.4 Å². The fourth-order valence-corrected chi connectivity index (χ4v) is 5.50. The van der Waals surface area contributed by atoms with Crippen molar-refractivity contribution < 1.29 is 24.2 Å². The van der Waals surface area contributed by atoms with Crippen molar-refractivity contribution in [1.82, 2.24) is 4.90 Å². The maximum Gasteiger partial charge on any atom is 0.335 e. The van der Waals surface area contributed by atoms with E-state index in [1.165, 1.54) is 28.8 Å². The Hall–Kier alpha value is -4.27. The number of rotatable bonds is 8. The van der Waals surface area contributed by atoms with Gasteiger partial charge in [-0.2, -0.15) is 0 Å². The Morgan fingerprint density at radius 1 is 1.05 bits per heavy atom. The van der Waals surface area contributed by atoms with Gasteiger partial charge >= 0.3 is 5.97 Å². The molecule has 0 saturated carbocycles. The van der Waals surface area contributed by atoms with Crippen LogP contribution in [0.5, 0.6) is 11.5 Å². The normalized spacial score (nSPS) is 15.3. The van der Waals surface area contributed by atoms with E-state index in [1.807, 2.05) is 31.2 Å². The molecule has 5 rings (SSSR count). The van der Waals surface area contributed by atoms with Crippen molar-refractivity contribution in [3.8, 4) is 11.5 Å². The minimum atomic E-state index is -1.01. The third-order valence-electron chi connectivity index (χ3n) is 6.22. The first kappa shape index (κ1) is 27.3. The molecule has 0 bridgehead atoms. The lowest BCUT2D eigenvalue weighted by Gasteiger charge is -2.15. The van der Waals surface area contributed by atoms with Gasteiger partial charge in [0.2, 0.25) is 0 Å². The Labute approximate surface area is 240 Å². The summed E-state index contributed by atoms with van der Waals surface area (Å²) in [7, 11) is 1.64. The highest BCUT2D eigenvalue weighted by atomic mass is 35.5. The van der Waals surface area contributed by atoms with Gasteiger partial charge in [0, 0.05) is 7.05 Å². The first-order valence-corrected chi connectivity index (χ1v) is 13.7. The van der Waals surface area contributed by atoms with Crippen molar-refractivity contribution in [2.45, 2.75) is 13.5 Å². The van der Waals surface area contributed by atoms with Gasteiger partial charge in [0.1, 0.15) is 6.61 Å². The van der Waals surface area contributed by atoms with E-state index in [1.54, 1.807) is 37.4 Å². The van der Waals surface area contributed by atoms with Crippen LogP contribution in [0.1, 0.15) is 28.4 Å². The van der Waals surface area contributed by atoms with Gasteiger partial charge in [-0.05, 0) is 83.1 Å². The summed E-state index contributed by atoms with van der Waals surface area (Å²) in [6.07, 6.45) is 1.74. The number of benzene rings is 4. The number of likely N-dealkylation sites (N-methyl/N-ethyl adjacent to an activating group) is 1. The largest absolute Gasteiger partial charge is 0.490 e. The lowest BCUT2D eigenvalue weighted by molar-refractivity contribution is -0.121. The second-order valence-electron chi connectivity index (χ2n) is 8.91. The number of aliphatic imine (C=N–C) groups is 1. The van der Waals surface area contributed by atoms with Crippen LogP contribution in [0.4, 0.5) is 5.69 Å². The molecule has 1 N–H and O–H groups in total. The Bertz CT molecular complexity index is 1660. The monoisotopic (exact) mass is 572 g/mol. The van der Waals surface area contributed by atoms with Crippen LogP contribution >= 0.6 is 23.4 Å². The Morgan fingerprint density at radius 2 is 1.80 bits per heavy atom. The summed E-state index contributed by atoms with van der Waals surface area (Å²) in [5, 5.41) is 12.2. The van der Waals surface area contributed by atoms with Gasteiger partial charge in [0.05, 0.1) is 27.8 Å². The van der Waals surface area contributed by atoms with Gasteiger partial charge in [-0.25, -0.2) is 9.79 Å². The number of hydrogen-bond donors (Lipinski definition) is 1. The first-order valence-electron chi connectivity index (χ1n) is 12.5. The molecule has 40 heavy (non-hydrogen) atoms. The number of carbonyl (C=O) groups is 2. The number of carboxylic acids is 1. The smallest absolute Gasteiger partial charge is 0.335 e. The molecule has 0 aliphatic carbocycles. The average molecular weight is 573 g/mol. The van der Waals surface area contributed by atoms with E-state index in [4.69, 9.17) is 26.2 Å². The zero-order chi connectivity index (χ0) is 28.2. The number of nitrogens with zero attached hydrogens (tertiary/aromatic N) is 2. The van der Waals surface area contributed by atoms with Crippen LogP contribution < -0.4 is 9.47 Å². The molecule has 1 aliphatic rings. The fourth-order valence-electron chi connectivity index (χ4n) is 4.23. The number of thioether (sulfide) groups is 1. The van der Waals surface area contributed by atoms with Crippen LogP contribution in [0.2, 0.25) is 5.02 Å². The number of fused-ring (bicyclic) bond motifs is 1. The van der Waals surface area contributed by atoms with Crippen molar-refractivity contribution >= 4 is 62.9 Å². The molecule has 1 heterocycles. The van der Waals surface area contributed by atoms with E-state index < -0.39 is 5.97 Å². The van der Waals surface area contributed by atoms with Crippen LogP contribution in [0.3, 0.4) is 0 Å². The summed E-state index contributed by atoms with van der Waals surface area (Å²) in [5.74, 6) is -0.301. The Morgan fingerprint density at radius 3 is 2.55 bits per heavy atom. The molecular formula is C31H25ClN2O5S. The minimum Gasteiger partial charge on any atom is -0.490 e. The van der Waals surface area contributed by atoms with E-state index in [9.17, 15) is 9.59 Å². The molecule has 4 aromatic rings. The fraction of sp³-hybridized carbons (Fsp3) is 0.129. The third kappa shape index (κ3) is 5.83. The van der Waals surface area contributed by atoms with Crippen LogP contribution in [-0.4, -0.2) is 40.7 Å². The molecule has 7 nitrogen and oxygen atoms in total. The molecular weight excluding hydrogens is 548 g/mol. The molecule has 1 amide bonds. The highest BCUT2D eigenvalue weighted by molar-refractivity contribution is 8.18. The summed E-state index contributed by atoms with van der Waals surface area (Å²) in [5.41, 5.74) is 2.42. The highest BCUT2D eigenvalue weighted by Gasteiger charge is 2.30. The number of ether oxygens (including phenoxy) is 2. The van der Waals surface area contributed by atoms with Gasteiger partial charge in [-0.1, -0.05) is 54.1 Å². The number of amidine groups is 1. The number of amides is 1. The highest BCUT2D eigenvalue weighted by Crippen LogP contribution is 2.40. The Kier molecular flexibility index (Phi) is 8.09. The number of aromatic carboxylic acids is 1. The quantitative estimate of drug-likeness (QED) is 0.221. The van der Waals surface area contributed by atoms with Gasteiger partial charge in [-0.15, -0.1) is 0 Å². The van der Waals surface area contributed by atoms with Gasteiger partial charge < -0.3 is 14.6 Å². The van der Waals surface area contributed by atoms with Gasteiger partial charge in [0.15, 0.2) is 16.7 Å². The van der Waals surface area contributed by atoms with Crippen molar-refractivity contribution in [3.05, 3.63) is 105 Å². The Balaban J connectivity index is 1.39. The number of carboxylic acid groups (broad SMARTS) is 1. The van der Waals surface area contributed by atoms with E-state index in [2.05, 4.69) is 23.2 Å². The SMILES string of the molecule is CCOc1cc(/C=C2\SC(=Nc3ccc(C(=O)O)cc3)N(C)C2=O)cc(Cl)c1OCc1cccc2ccccc12. The molecule has 0 radical (unpaired) electrons. The molecule has 4 aromatic carbocycles. The standard InChI is InChI=1S/C31H25ClN2O5S/c1-3-38-26-16-19(15-25(32)28(26)39-18-22-9-6-8-20-7-4-5-10-24(20)22)17-27-29(35)34(2)31(40-27)33-23-13-11-21(12-14-23)30(36)37/h4-17H,3,18H2,1-2H3,(H,36,37)/b27-17-,33-31?. The lowest BCUT2D eigenvalue weighted by atomic mass is 10.1. The summed E-state index contributed by atoms with van der Waals surface area (Å²) in [4.78, 5) is 30.5. The van der Waals surface area contributed by atoms with Crippen molar-refractivity contribution in [1.29, 1.82) is 0 Å². The molecule has 0 spiro atoms. The third-order valence-corrected chi connectivity index (χ3v) is 7.56. The first-order chi connectivity index (χ1) is 19.3. The zero-order valence-electron chi connectivity index (χ0n) is 21.8. The zero-order valence-corrected chi connectivity index (χ0v) is 23.3. The molecule has 1 fully saturated rings. The van der Waals surface area contributed by atoms with Crippen molar-refractivity contribution in [3.63, 3.8) is 0 Å². The van der Waals surface area contributed by atoms with Crippen molar-refractivity contribution in [2.24, 2.45) is 4.99 Å². The second kappa shape index (κ2) is 11.9. The number of hydrogen-bond acceptors (Lipinski definition) is 6. The number of carbonyl (C=O) groups excluding carboxylic acids is 1. The maximum absolute atomic E-state index is 13.0. The lowest BCUT2D eigenvalue weighted by Crippen LogP contribution is -2.23. The predicted octanol–water partition coefficient (Wildman–Crippen LogP) is 7.40. The minimum absolute atomic E-state index is 0.166. The molecule has 9 heteroatoms. The van der Waals surface area contributed by atoms with E-state index in [0.29, 0.717) is 51.1 Å². The van der Waals surface area contributed by atoms with Gasteiger partial charge in [-0.3, -0.25) is 9.69 Å². The van der Waals surface area contributed by atoms with Crippen LogP contribution in [0, 0.1) is 0 Å². The second-order valence-corrected chi connectivity index (χ2v) is 10.3. The van der Waals surface area contributed by atoms with Crippen LogP contribution in [-0.2, 0) is 11.4 Å². The molecule has 202 valence electrons. The number of halogens is 1. The van der Waals surface area contributed by atoms with E-state index in [-0.39, 0.29) is 11.5 Å². The van der Waals surface area contributed by atoms with E-state index in [0.717, 1.165) is 16.3 Å². The maximum atomic E-state index is 13.0. The summed E-state index contributed by atoms with van der Waals surface area (Å²) in [6.45, 7) is 2.60. The molecule has 1 aliphatic heterocycles. The summed E-state index contributed by atoms with van der Waals surface area (Å²) >= 11 is 7.90. The molecule has 1 saturated heterocycles. The van der Waals surface area contributed by atoms with Gasteiger partial charge in [0.25, 0.3) is 5.91 Å². The average Bonchev–Trinajstić information content (AvgIpc) is 3.20. The molecule has 0 unspecified atom stereocenters.